The Morgan fingerprint density at radius 1 is 1.26 bits per heavy atom. The highest BCUT2D eigenvalue weighted by Crippen LogP contribution is 2.19. The first-order valence-corrected chi connectivity index (χ1v) is 6.86. The lowest BCUT2D eigenvalue weighted by Crippen LogP contribution is -2.12. The molecule has 0 aliphatic carbocycles. The third kappa shape index (κ3) is 2.94. The van der Waals surface area contributed by atoms with Gasteiger partial charge >= 0.3 is 0 Å². The Hall–Kier alpha value is -3.09. The molecule has 1 heterocycles. The molecule has 0 bridgehead atoms. The molecule has 3 aromatic rings. The summed E-state index contributed by atoms with van der Waals surface area (Å²) in [4.78, 5) is 29.2. The van der Waals surface area contributed by atoms with Crippen LogP contribution in [-0.4, -0.2) is 14.9 Å². The number of fused-ring (bicyclic) bond motifs is 1. The summed E-state index contributed by atoms with van der Waals surface area (Å²) >= 11 is 0. The van der Waals surface area contributed by atoms with Crippen molar-refractivity contribution in [1.82, 2.24) is 9.97 Å². The Morgan fingerprint density at radius 3 is 2.74 bits per heavy atom. The van der Waals surface area contributed by atoms with E-state index < -0.39 is 10.7 Å². The number of non-ortho nitro benzene ring substituents is 1. The summed E-state index contributed by atoms with van der Waals surface area (Å²) in [6.45, 7) is 1.75. The molecular formula is C16H12FN3O3. The summed E-state index contributed by atoms with van der Waals surface area (Å²) in [5, 5.41) is 11.1. The number of nitrogens with one attached hydrogen (secondary N) is 1. The van der Waals surface area contributed by atoms with Gasteiger partial charge in [-0.3, -0.25) is 14.9 Å². The quantitative estimate of drug-likeness (QED) is 0.595. The molecule has 7 heteroatoms. The van der Waals surface area contributed by atoms with Crippen molar-refractivity contribution in [2.24, 2.45) is 0 Å². The summed E-state index contributed by atoms with van der Waals surface area (Å²) in [7, 11) is 0. The average Bonchev–Trinajstić information content (AvgIpc) is 2.48. The summed E-state index contributed by atoms with van der Waals surface area (Å²) in [6, 6.07) is 8.30. The predicted octanol–water partition coefficient (Wildman–Crippen LogP) is 2.87. The number of hydrogen-bond donors (Lipinski definition) is 1. The number of aryl methyl sites for hydroxylation is 1. The molecule has 6 nitrogen and oxygen atoms in total. The van der Waals surface area contributed by atoms with Crippen molar-refractivity contribution in [3.05, 3.63) is 79.6 Å². The standard InChI is InChI=1S/C16H12FN3O3/c1-9-6-12(20(22)23)4-2-10(9)7-15-18-14-8-11(17)3-5-13(14)16(21)19-15/h2-6,8H,7H2,1H3,(H,18,19,21). The Kier molecular flexibility index (Phi) is 3.61. The summed E-state index contributed by atoms with van der Waals surface area (Å²) in [5.74, 6) is -0.0851. The molecule has 0 saturated carbocycles. The number of H-pyrrole nitrogens is 1. The molecule has 0 atom stereocenters. The first-order valence-electron chi connectivity index (χ1n) is 6.86. The van der Waals surface area contributed by atoms with E-state index in [4.69, 9.17) is 0 Å². The average molecular weight is 313 g/mol. The lowest BCUT2D eigenvalue weighted by Gasteiger charge is -2.06. The van der Waals surface area contributed by atoms with E-state index in [0.717, 1.165) is 11.1 Å². The van der Waals surface area contributed by atoms with Gasteiger partial charge in [0.2, 0.25) is 0 Å². The van der Waals surface area contributed by atoms with Crippen LogP contribution in [0.5, 0.6) is 0 Å². The molecule has 1 aromatic heterocycles. The second-order valence-electron chi connectivity index (χ2n) is 5.22. The minimum Gasteiger partial charge on any atom is -0.310 e. The number of halogens is 1. The van der Waals surface area contributed by atoms with Gasteiger partial charge in [-0.2, -0.15) is 0 Å². The van der Waals surface area contributed by atoms with Crippen LogP contribution in [0.2, 0.25) is 0 Å². The molecule has 0 radical (unpaired) electrons. The normalized spacial score (nSPS) is 10.9. The van der Waals surface area contributed by atoms with Crippen molar-refractivity contribution in [3.63, 3.8) is 0 Å². The summed E-state index contributed by atoms with van der Waals surface area (Å²) < 4.78 is 13.3. The van der Waals surface area contributed by atoms with E-state index in [1.807, 2.05) is 0 Å². The van der Waals surface area contributed by atoms with E-state index >= 15 is 0 Å². The summed E-state index contributed by atoms with van der Waals surface area (Å²) in [5.41, 5.74) is 1.47. The van der Waals surface area contributed by atoms with Crippen molar-refractivity contribution in [1.29, 1.82) is 0 Å². The Bertz CT molecular complexity index is 982. The van der Waals surface area contributed by atoms with Crippen LogP contribution in [-0.2, 0) is 6.42 Å². The van der Waals surface area contributed by atoms with Gasteiger partial charge in [-0.1, -0.05) is 6.07 Å². The van der Waals surface area contributed by atoms with Gasteiger partial charge in [0, 0.05) is 24.6 Å². The van der Waals surface area contributed by atoms with Crippen LogP contribution >= 0.6 is 0 Å². The SMILES string of the molecule is Cc1cc([N+](=O)[O-])ccc1Cc1nc2cc(F)ccc2c(=O)[nH]1. The zero-order chi connectivity index (χ0) is 16.6. The van der Waals surface area contributed by atoms with Crippen LogP contribution < -0.4 is 5.56 Å². The lowest BCUT2D eigenvalue weighted by atomic mass is 10.0. The van der Waals surface area contributed by atoms with Crippen molar-refractivity contribution < 1.29 is 9.31 Å². The predicted molar refractivity (Wildman–Crippen MR) is 83.0 cm³/mol. The van der Waals surface area contributed by atoms with Gasteiger partial charge in [0.15, 0.2) is 0 Å². The van der Waals surface area contributed by atoms with Crippen LogP contribution in [0.15, 0.2) is 41.2 Å². The molecule has 23 heavy (non-hydrogen) atoms. The minimum absolute atomic E-state index is 0.00767. The maximum atomic E-state index is 13.3. The molecule has 2 aromatic carbocycles. The van der Waals surface area contributed by atoms with Crippen molar-refractivity contribution in [2.75, 3.05) is 0 Å². The Morgan fingerprint density at radius 2 is 2.04 bits per heavy atom. The molecule has 1 N–H and O–H groups in total. The molecule has 0 aliphatic heterocycles. The molecule has 0 aliphatic rings. The smallest absolute Gasteiger partial charge is 0.269 e. The molecule has 0 fully saturated rings. The fourth-order valence-electron chi connectivity index (χ4n) is 2.42. The molecule has 116 valence electrons. The van der Waals surface area contributed by atoms with Crippen molar-refractivity contribution in [3.8, 4) is 0 Å². The zero-order valence-corrected chi connectivity index (χ0v) is 12.2. The topological polar surface area (TPSA) is 88.9 Å². The molecule has 0 unspecified atom stereocenters. The zero-order valence-electron chi connectivity index (χ0n) is 12.2. The third-order valence-electron chi connectivity index (χ3n) is 3.61. The van der Waals surface area contributed by atoms with E-state index in [-0.39, 0.29) is 16.8 Å². The lowest BCUT2D eigenvalue weighted by molar-refractivity contribution is -0.384. The minimum atomic E-state index is -0.465. The van der Waals surface area contributed by atoms with Gasteiger partial charge in [0.1, 0.15) is 11.6 Å². The van der Waals surface area contributed by atoms with E-state index in [0.29, 0.717) is 17.6 Å². The third-order valence-corrected chi connectivity index (χ3v) is 3.61. The molecule has 0 spiro atoms. The number of hydrogen-bond acceptors (Lipinski definition) is 4. The fraction of sp³-hybridized carbons (Fsp3) is 0.125. The van der Waals surface area contributed by atoms with Gasteiger partial charge in [0.05, 0.1) is 15.8 Å². The Labute approximate surface area is 129 Å². The molecule has 0 saturated heterocycles. The van der Waals surface area contributed by atoms with Gasteiger partial charge in [-0.25, -0.2) is 9.37 Å². The van der Waals surface area contributed by atoms with E-state index in [2.05, 4.69) is 9.97 Å². The fourth-order valence-corrected chi connectivity index (χ4v) is 2.42. The summed E-state index contributed by atoms with van der Waals surface area (Å²) in [6.07, 6.45) is 0.297. The van der Waals surface area contributed by atoms with Crippen LogP contribution in [0.1, 0.15) is 17.0 Å². The van der Waals surface area contributed by atoms with E-state index in [1.54, 1.807) is 13.0 Å². The first kappa shape index (κ1) is 14.8. The highest BCUT2D eigenvalue weighted by atomic mass is 19.1. The number of aromatic nitrogens is 2. The van der Waals surface area contributed by atoms with Crippen molar-refractivity contribution >= 4 is 16.6 Å². The number of nitro groups is 1. The monoisotopic (exact) mass is 313 g/mol. The maximum absolute atomic E-state index is 13.3. The van der Waals surface area contributed by atoms with Crippen molar-refractivity contribution in [2.45, 2.75) is 13.3 Å². The number of rotatable bonds is 3. The second-order valence-corrected chi connectivity index (χ2v) is 5.22. The largest absolute Gasteiger partial charge is 0.310 e. The molecular weight excluding hydrogens is 301 g/mol. The van der Waals surface area contributed by atoms with Gasteiger partial charge in [-0.05, 0) is 30.2 Å². The number of benzene rings is 2. The first-order chi connectivity index (χ1) is 10.9. The molecule has 3 rings (SSSR count). The van der Waals surface area contributed by atoms with E-state index in [9.17, 15) is 19.3 Å². The Balaban J connectivity index is 2.01. The van der Waals surface area contributed by atoms with Crippen LogP contribution in [0.25, 0.3) is 10.9 Å². The number of aromatic amines is 1. The van der Waals surface area contributed by atoms with Gasteiger partial charge < -0.3 is 4.98 Å². The maximum Gasteiger partial charge on any atom is 0.269 e. The molecule has 0 amide bonds. The second kappa shape index (κ2) is 5.60. The number of nitro benzene ring substituents is 1. The van der Waals surface area contributed by atoms with Crippen LogP contribution in [0.4, 0.5) is 10.1 Å². The van der Waals surface area contributed by atoms with Gasteiger partial charge in [-0.15, -0.1) is 0 Å². The van der Waals surface area contributed by atoms with E-state index in [1.165, 1.54) is 30.3 Å². The van der Waals surface area contributed by atoms with Gasteiger partial charge in [0.25, 0.3) is 11.2 Å². The van der Waals surface area contributed by atoms with Crippen LogP contribution in [0.3, 0.4) is 0 Å². The van der Waals surface area contributed by atoms with Crippen LogP contribution in [0, 0.1) is 22.9 Å². The number of nitrogens with zero attached hydrogens (tertiary/aromatic N) is 2. The highest BCUT2D eigenvalue weighted by molar-refractivity contribution is 5.77. The highest BCUT2D eigenvalue weighted by Gasteiger charge is 2.11.